The zero-order valence-electron chi connectivity index (χ0n) is 8.43. The lowest BCUT2D eigenvalue weighted by Gasteiger charge is -2.31. The first-order chi connectivity index (χ1) is 5.54. The zero-order chi connectivity index (χ0) is 9.19. The first-order valence-corrected chi connectivity index (χ1v) is 4.94. The van der Waals surface area contributed by atoms with E-state index in [4.69, 9.17) is 0 Å². The Morgan fingerprint density at radius 3 is 2.58 bits per heavy atom. The van der Waals surface area contributed by atoms with Crippen molar-refractivity contribution < 1.29 is 5.11 Å². The quantitative estimate of drug-likeness (QED) is 0.629. The van der Waals surface area contributed by atoms with Gasteiger partial charge in [-0.3, -0.25) is 0 Å². The van der Waals surface area contributed by atoms with E-state index in [-0.39, 0.29) is 0 Å². The van der Waals surface area contributed by atoms with E-state index in [1.807, 2.05) is 13.8 Å². The van der Waals surface area contributed by atoms with E-state index >= 15 is 0 Å². The molecule has 0 amide bonds. The summed E-state index contributed by atoms with van der Waals surface area (Å²) in [5.41, 5.74) is 1.07. The monoisotopic (exact) mass is 168 g/mol. The molecule has 12 heavy (non-hydrogen) atoms. The van der Waals surface area contributed by atoms with Gasteiger partial charge < -0.3 is 5.11 Å². The number of hydrogen-bond donors (Lipinski definition) is 1. The van der Waals surface area contributed by atoms with Gasteiger partial charge in [-0.25, -0.2) is 0 Å². The Hall–Kier alpha value is -0.300. The predicted molar refractivity (Wildman–Crippen MR) is 52.0 cm³/mol. The molecule has 1 atom stereocenters. The Bertz CT molecular complexity index is 174. The predicted octanol–water partition coefficient (Wildman–Crippen LogP) is 2.89. The van der Waals surface area contributed by atoms with Crippen molar-refractivity contribution in [3.63, 3.8) is 0 Å². The van der Waals surface area contributed by atoms with Crippen LogP contribution in [0.15, 0.2) is 11.6 Å². The number of allylic oxidation sites excluding steroid dienone is 2. The van der Waals surface area contributed by atoms with Gasteiger partial charge >= 0.3 is 0 Å². The molecule has 1 unspecified atom stereocenters. The molecule has 0 aromatic heterocycles. The molecule has 0 aliphatic heterocycles. The molecule has 0 bridgehead atoms. The molecule has 0 radical (unpaired) electrons. The summed E-state index contributed by atoms with van der Waals surface area (Å²) in [6, 6.07) is 0. The van der Waals surface area contributed by atoms with Crippen LogP contribution in [-0.4, -0.2) is 10.7 Å². The van der Waals surface area contributed by atoms with Crippen LogP contribution in [0.5, 0.6) is 0 Å². The lowest BCUT2D eigenvalue weighted by Crippen LogP contribution is -2.31. The summed E-state index contributed by atoms with van der Waals surface area (Å²) >= 11 is 0. The molecule has 0 saturated heterocycles. The fourth-order valence-electron chi connectivity index (χ4n) is 1.85. The maximum atomic E-state index is 9.77. The van der Waals surface area contributed by atoms with Gasteiger partial charge in [0.05, 0.1) is 5.60 Å². The van der Waals surface area contributed by atoms with Gasteiger partial charge in [0.15, 0.2) is 0 Å². The Morgan fingerprint density at radius 2 is 2.25 bits per heavy atom. The van der Waals surface area contributed by atoms with Gasteiger partial charge in [-0.15, -0.1) is 0 Å². The first-order valence-electron chi connectivity index (χ1n) is 4.94. The summed E-state index contributed by atoms with van der Waals surface area (Å²) in [4.78, 5) is 0. The van der Waals surface area contributed by atoms with Gasteiger partial charge in [0.2, 0.25) is 0 Å². The maximum Gasteiger partial charge on any atom is 0.0622 e. The van der Waals surface area contributed by atoms with E-state index in [9.17, 15) is 5.11 Å². The minimum atomic E-state index is -0.490. The van der Waals surface area contributed by atoms with Gasteiger partial charge in [0.25, 0.3) is 0 Å². The summed E-state index contributed by atoms with van der Waals surface area (Å²) in [6.07, 6.45) is 6.89. The topological polar surface area (TPSA) is 20.2 Å². The molecule has 70 valence electrons. The first kappa shape index (κ1) is 9.79. The Balaban J connectivity index is 2.52. The fraction of sp³-hybridized carbons (Fsp3) is 0.818. The molecule has 1 heteroatoms. The van der Waals surface area contributed by atoms with Gasteiger partial charge in [-0.2, -0.15) is 0 Å². The van der Waals surface area contributed by atoms with Crippen LogP contribution < -0.4 is 0 Å². The average molecular weight is 168 g/mol. The van der Waals surface area contributed by atoms with Crippen LogP contribution in [0.1, 0.15) is 46.5 Å². The van der Waals surface area contributed by atoms with E-state index in [2.05, 4.69) is 13.0 Å². The molecule has 0 saturated carbocycles. The standard InChI is InChI=1S/C11H20O/c1-4-9-5-7-10(8-6-9)11(2,3)12/h5,10,12H,4,6-8H2,1-3H3. The van der Waals surface area contributed by atoms with Crippen molar-refractivity contribution >= 4 is 0 Å². The molecule has 0 heterocycles. The SMILES string of the molecule is CCC1=CCC(C(C)(C)O)CC1. The van der Waals surface area contributed by atoms with Crippen molar-refractivity contribution in [2.75, 3.05) is 0 Å². The summed E-state index contributed by atoms with van der Waals surface area (Å²) in [7, 11) is 0. The highest BCUT2D eigenvalue weighted by Crippen LogP contribution is 2.32. The van der Waals surface area contributed by atoms with Crippen molar-refractivity contribution in [2.45, 2.75) is 52.1 Å². The van der Waals surface area contributed by atoms with Gasteiger partial charge in [-0.1, -0.05) is 18.6 Å². The van der Waals surface area contributed by atoms with Gasteiger partial charge in [-0.05, 0) is 45.4 Å². The van der Waals surface area contributed by atoms with Crippen LogP contribution in [0.2, 0.25) is 0 Å². The van der Waals surface area contributed by atoms with Crippen molar-refractivity contribution in [1.82, 2.24) is 0 Å². The second-order valence-corrected chi connectivity index (χ2v) is 4.34. The molecule has 0 aromatic carbocycles. The van der Waals surface area contributed by atoms with Gasteiger partial charge in [0.1, 0.15) is 0 Å². The van der Waals surface area contributed by atoms with Crippen molar-refractivity contribution in [1.29, 1.82) is 0 Å². The molecule has 0 fully saturated rings. The van der Waals surface area contributed by atoms with Crippen LogP contribution in [-0.2, 0) is 0 Å². The largest absolute Gasteiger partial charge is 0.390 e. The molecular weight excluding hydrogens is 148 g/mol. The smallest absolute Gasteiger partial charge is 0.0622 e. The second-order valence-electron chi connectivity index (χ2n) is 4.34. The molecular formula is C11H20O. The number of rotatable bonds is 2. The van der Waals surface area contributed by atoms with E-state index < -0.39 is 5.60 Å². The van der Waals surface area contributed by atoms with E-state index in [1.165, 1.54) is 12.8 Å². The van der Waals surface area contributed by atoms with Crippen LogP contribution in [0, 0.1) is 5.92 Å². The van der Waals surface area contributed by atoms with Crippen LogP contribution in [0.3, 0.4) is 0 Å². The van der Waals surface area contributed by atoms with E-state index in [0.717, 1.165) is 12.8 Å². The third kappa shape index (κ3) is 2.34. The van der Waals surface area contributed by atoms with E-state index in [1.54, 1.807) is 5.57 Å². The number of aliphatic hydroxyl groups is 1. The lowest BCUT2D eigenvalue weighted by molar-refractivity contribution is 0.0125. The normalized spacial score (nSPS) is 25.3. The highest BCUT2D eigenvalue weighted by molar-refractivity contribution is 5.07. The molecule has 1 rings (SSSR count). The minimum Gasteiger partial charge on any atom is -0.390 e. The highest BCUT2D eigenvalue weighted by atomic mass is 16.3. The Morgan fingerprint density at radius 1 is 1.58 bits per heavy atom. The van der Waals surface area contributed by atoms with Crippen LogP contribution in [0.25, 0.3) is 0 Å². The average Bonchev–Trinajstić information content (AvgIpc) is 2.03. The Labute approximate surface area is 75.5 Å². The molecule has 1 aliphatic carbocycles. The van der Waals surface area contributed by atoms with Crippen LogP contribution in [0.4, 0.5) is 0 Å². The van der Waals surface area contributed by atoms with Crippen LogP contribution >= 0.6 is 0 Å². The molecule has 0 aromatic rings. The molecule has 1 aliphatic rings. The summed E-state index contributed by atoms with van der Waals surface area (Å²) in [5.74, 6) is 0.466. The third-order valence-electron chi connectivity index (χ3n) is 2.96. The lowest BCUT2D eigenvalue weighted by atomic mass is 9.79. The number of hydrogen-bond acceptors (Lipinski definition) is 1. The molecule has 0 spiro atoms. The second kappa shape index (κ2) is 3.61. The Kier molecular flexibility index (Phi) is 2.94. The third-order valence-corrected chi connectivity index (χ3v) is 2.96. The van der Waals surface area contributed by atoms with Crippen molar-refractivity contribution in [3.8, 4) is 0 Å². The van der Waals surface area contributed by atoms with Crippen molar-refractivity contribution in [2.24, 2.45) is 5.92 Å². The van der Waals surface area contributed by atoms with E-state index in [0.29, 0.717) is 5.92 Å². The maximum absolute atomic E-state index is 9.77. The summed E-state index contributed by atoms with van der Waals surface area (Å²) in [5, 5.41) is 9.77. The highest BCUT2D eigenvalue weighted by Gasteiger charge is 2.27. The fourth-order valence-corrected chi connectivity index (χ4v) is 1.85. The summed E-state index contributed by atoms with van der Waals surface area (Å²) in [6.45, 7) is 6.04. The zero-order valence-corrected chi connectivity index (χ0v) is 8.43. The molecule has 1 nitrogen and oxygen atoms in total. The minimum absolute atomic E-state index is 0.466. The van der Waals surface area contributed by atoms with Gasteiger partial charge in [0, 0.05) is 0 Å². The summed E-state index contributed by atoms with van der Waals surface area (Å²) < 4.78 is 0. The molecule has 1 N–H and O–H groups in total. The van der Waals surface area contributed by atoms with Crippen molar-refractivity contribution in [3.05, 3.63) is 11.6 Å².